The van der Waals surface area contributed by atoms with Crippen LogP contribution in [0.4, 0.5) is 17.6 Å². The van der Waals surface area contributed by atoms with Gasteiger partial charge in [-0.05, 0) is 48.5 Å². The zero-order valence-electron chi connectivity index (χ0n) is 17.6. The van der Waals surface area contributed by atoms with Crippen LogP contribution in [0.3, 0.4) is 0 Å². The molecule has 0 aliphatic heterocycles. The van der Waals surface area contributed by atoms with E-state index < -0.39 is 46.6 Å². The number of aromatic nitrogens is 4. The van der Waals surface area contributed by atoms with Crippen molar-refractivity contribution in [3.05, 3.63) is 106 Å². The maximum atomic E-state index is 15.7. The first-order chi connectivity index (χ1) is 16.6. The molecule has 1 unspecified atom stereocenters. The lowest BCUT2D eigenvalue weighted by molar-refractivity contribution is -0.208. The predicted molar refractivity (Wildman–Crippen MR) is 112 cm³/mol. The third-order valence-electron chi connectivity index (χ3n) is 5.17. The van der Waals surface area contributed by atoms with Crippen molar-refractivity contribution in [1.29, 1.82) is 5.26 Å². The molecule has 0 spiro atoms. The van der Waals surface area contributed by atoms with Gasteiger partial charge in [0.15, 0.2) is 5.60 Å². The lowest BCUT2D eigenvalue weighted by atomic mass is 9.84. The number of hydrogen-bond acceptors (Lipinski definition) is 6. The Balaban J connectivity index is 1.71. The fourth-order valence-electron chi connectivity index (χ4n) is 3.36. The summed E-state index contributed by atoms with van der Waals surface area (Å²) in [5, 5.41) is 23.6. The molecule has 4 aromatic rings. The molecule has 0 amide bonds. The molecule has 1 atom stereocenters. The van der Waals surface area contributed by atoms with Gasteiger partial charge in [0.1, 0.15) is 35.2 Å². The Bertz CT molecular complexity index is 1450. The number of hydrogen-bond donors (Lipinski definition) is 2. The van der Waals surface area contributed by atoms with Crippen molar-refractivity contribution in [1.82, 2.24) is 19.7 Å². The Kier molecular flexibility index (Phi) is 6.10. The van der Waals surface area contributed by atoms with Gasteiger partial charge >= 0.3 is 11.6 Å². The molecule has 4 rings (SSSR count). The minimum Gasteiger partial charge on any atom is -0.456 e. The van der Waals surface area contributed by atoms with E-state index in [1.165, 1.54) is 24.3 Å². The van der Waals surface area contributed by atoms with Gasteiger partial charge in [-0.1, -0.05) is 0 Å². The number of pyridine rings is 1. The quantitative estimate of drug-likeness (QED) is 0.387. The Hall–Kier alpha value is -4.50. The minimum absolute atomic E-state index is 0.0641. The standard InChI is InChI=1S/C23H15F4N5O3/c24-15-3-7-18(19(25)9-15)22(34,12-32-21(33)30-13-31-32)23(26,27)20-8-6-17(11-29-20)35-16-4-1-14(10-28)2-5-16/h1-9,11,13,34H,12H2,(H,30,31,33). The second kappa shape index (κ2) is 9.03. The summed E-state index contributed by atoms with van der Waals surface area (Å²) in [6.07, 6.45) is 1.87. The van der Waals surface area contributed by atoms with Crippen LogP contribution in [0.15, 0.2) is 71.9 Å². The van der Waals surface area contributed by atoms with Gasteiger partial charge in [0.25, 0.3) is 0 Å². The Labute approximate surface area is 194 Å². The van der Waals surface area contributed by atoms with Crippen molar-refractivity contribution >= 4 is 0 Å². The third kappa shape index (κ3) is 4.49. The number of aliphatic hydroxyl groups is 1. The summed E-state index contributed by atoms with van der Waals surface area (Å²) in [6, 6.07) is 11.7. The fraction of sp³-hybridized carbons (Fsp3) is 0.130. The van der Waals surface area contributed by atoms with Crippen LogP contribution in [0.25, 0.3) is 0 Å². The first-order valence-corrected chi connectivity index (χ1v) is 9.95. The number of nitrogens with one attached hydrogen (secondary N) is 1. The van der Waals surface area contributed by atoms with Gasteiger partial charge in [0.05, 0.1) is 24.4 Å². The zero-order chi connectivity index (χ0) is 25.2. The second-order valence-electron chi connectivity index (χ2n) is 7.43. The van der Waals surface area contributed by atoms with E-state index >= 15 is 8.78 Å². The molecule has 2 N–H and O–H groups in total. The van der Waals surface area contributed by atoms with Crippen molar-refractivity contribution in [2.24, 2.45) is 0 Å². The number of halogens is 4. The highest BCUT2D eigenvalue weighted by Gasteiger charge is 2.58. The molecule has 0 fully saturated rings. The Morgan fingerprint density at radius 2 is 1.80 bits per heavy atom. The van der Waals surface area contributed by atoms with Crippen molar-refractivity contribution in [3.8, 4) is 17.6 Å². The lowest BCUT2D eigenvalue weighted by Crippen LogP contribution is -2.49. The summed E-state index contributed by atoms with van der Waals surface area (Å²) in [5.74, 6) is -6.40. The largest absolute Gasteiger partial charge is 0.456 e. The van der Waals surface area contributed by atoms with Gasteiger partial charge in [-0.15, -0.1) is 0 Å². The van der Waals surface area contributed by atoms with E-state index in [0.29, 0.717) is 34.2 Å². The number of H-pyrrole nitrogens is 1. The summed E-state index contributed by atoms with van der Waals surface area (Å²) >= 11 is 0. The zero-order valence-corrected chi connectivity index (χ0v) is 17.6. The van der Waals surface area contributed by atoms with Gasteiger partial charge in [0.2, 0.25) is 0 Å². The average Bonchev–Trinajstić information content (AvgIpc) is 3.23. The third-order valence-corrected chi connectivity index (χ3v) is 5.17. The van der Waals surface area contributed by atoms with Crippen LogP contribution in [-0.2, 0) is 18.1 Å². The molecule has 178 valence electrons. The number of nitrogens with zero attached hydrogens (tertiary/aromatic N) is 4. The highest BCUT2D eigenvalue weighted by atomic mass is 19.3. The number of ether oxygens (including phenoxy) is 1. The lowest BCUT2D eigenvalue weighted by Gasteiger charge is -2.35. The Morgan fingerprint density at radius 3 is 2.37 bits per heavy atom. The van der Waals surface area contributed by atoms with E-state index in [1.54, 1.807) is 0 Å². The monoisotopic (exact) mass is 485 g/mol. The van der Waals surface area contributed by atoms with Crippen LogP contribution in [-0.4, -0.2) is 24.9 Å². The van der Waals surface area contributed by atoms with E-state index in [0.717, 1.165) is 24.7 Å². The SMILES string of the molecule is N#Cc1ccc(Oc2ccc(C(F)(F)C(O)(Cn3nc[nH]c3=O)c3ccc(F)cc3F)nc2)cc1. The van der Waals surface area contributed by atoms with Gasteiger partial charge in [-0.2, -0.15) is 19.1 Å². The molecule has 0 aliphatic carbocycles. The second-order valence-corrected chi connectivity index (χ2v) is 7.43. The molecule has 0 aliphatic rings. The van der Waals surface area contributed by atoms with E-state index in [-0.39, 0.29) is 5.75 Å². The van der Waals surface area contributed by atoms with Gasteiger partial charge in [0, 0.05) is 11.6 Å². The van der Waals surface area contributed by atoms with Gasteiger partial charge in [-0.25, -0.2) is 18.3 Å². The van der Waals surface area contributed by atoms with Crippen molar-refractivity contribution < 1.29 is 27.4 Å². The molecule has 0 saturated carbocycles. The van der Waals surface area contributed by atoms with E-state index in [9.17, 15) is 18.7 Å². The van der Waals surface area contributed by atoms with Gasteiger partial charge < -0.3 is 9.84 Å². The molecule has 0 saturated heterocycles. The van der Waals surface area contributed by atoms with Crippen LogP contribution >= 0.6 is 0 Å². The first-order valence-electron chi connectivity index (χ1n) is 9.95. The number of rotatable bonds is 7. The summed E-state index contributed by atoms with van der Waals surface area (Å²) in [7, 11) is 0. The molecule has 0 radical (unpaired) electrons. The van der Waals surface area contributed by atoms with Crippen LogP contribution < -0.4 is 10.4 Å². The summed E-state index contributed by atoms with van der Waals surface area (Å²) in [4.78, 5) is 17.7. The Morgan fingerprint density at radius 1 is 1.09 bits per heavy atom. The highest BCUT2D eigenvalue weighted by molar-refractivity contribution is 5.38. The maximum Gasteiger partial charge on any atom is 0.343 e. The van der Waals surface area contributed by atoms with E-state index in [2.05, 4.69) is 15.1 Å². The van der Waals surface area contributed by atoms with E-state index in [4.69, 9.17) is 10.00 Å². The summed E-state index contributed by atoms with van der Waals surface area (Å²) in [5.41, 5.74) is -5.85. The number of benzene rings is 2. The first kappa shape index (κ1) is 23.7. The molecule has 35 heavy (non-hydrogen) atoms. The number of nitriles is 1. The molecular formula is C23H15F4N5O3. The summed E-state index contributed by atoms with van der Waals surface area (Å²) < 4.78 is 65.5. The predicted octanol–water partition coefficient (Wildman–Crippen LogP) is 3.59. The fourth-order valence-corrected chi connectivity index (χ4v) is 3.36. The molecule has 2 aromatic carbocycles. The normalized spacial score (nSPS) is 13.1. The molecule has 12 heteroatoms. The molecule has 2 heterocycles. The smallest absolute Gasteiger partial charge is 0.343 e. The average molecular weight is 485 g/mol. The highest BCUT2D eigenvalue weighted by Crippen LogP contribution is 2.46. The van der Waals surface area contributed by atoms with Crippen LogP contribution in [0.5, 0.6) is 11.5 Å². The minimum atomic E-state index is -4.28. The van der Waals surface area contributed by atoms with Crippen LogP contribution in [0, 0.1) is 23.0 Å². The topological polar surface area (TPSA) is 117 Å². The molecular weight excluding hydrogens is 470 g/mol. The molecule has 0 bridgehead atoms. The van der Waals surface area contributed by atoms with Gasteiger partial charge in [-0.3, -0.25) is 9.97 Å². The van der Waals surface area contributed by atoms with E-state index in [1.807, 2.05) is 6.07 Å². The summed E-state index contributed by atoms with van der Waals surface area (Å²) in [6.45, 7) is -1.17. The maximum absolute atomic E-state index is 15.7. The van der Waals surface area contributed by atoms with Crippen LogP contribution in [0.1, 0.15) is 16.8 Å². The van der Waals surface area contributed by atoms with Crippen molar-refractivity contribution in [2.45, 2.75) is 18.1 Å². The number of aromatic amines is 1. The number of alkyl halides is 2. The molecule has 2 aromatic heterocycles. The molecule has 8 nitrogen and oxygen atoms in total. The van der Waals surface area contributed by atoms with Crippen molar-refractivity contribution in [3.63, 3.8) is 0 Å². The van der Waals surface area contributed by atoms with Crippen LogP contribution in [0.2, 0.25) is 0 Å². The van der Waals surface area contributed by atoms with Crippen molar-refractivity contribution in [2.75, 3.05) is 0 Å².